The third-order valence-electron chi connectivity index (χ3n) is 5.62. The highest BCUT2D eigenvalue weighted by Crippen LogP contribution is 2.20. The molecule has 0 saturated heterocycles. The number of nitrogens with one attached hydrogen (secondary N) is 1. The van der Waals surface area contributed by atoms with E-state index in [1.54, 1.807) is 30.5 Å². The molecule has 1 atom stereocenters. The summed E-state index contributed by atoms with van der Waals surface area (Å²) in [7, 11) is 0. The van der Waals surface area contributed by atoms with Gasteiger partial charge in [-0.25, -0.2) is 0 Å². The normalized spacial score (nSPS) is 12.3. The Hall–Kier alpha value is -4.01. The number of para-hydroxylation sites is 1. The SMILES string of the molecule is O=C([O-])CN(CCN(CCN(CC(=O)[O-])CC(=O)[O-])C(Cc1c[nH]c2ccccc12)C(=O)[O-])CC(=O)[O-]. The standard InChI is InChI=1S/C23H30N4O10/c28-19(29)11-25(12-20(30)31)5-7-27(8-6-26(13-21(32)33)14-22(34)35)18(23(36)37)9-15-10-24-17-4-2-1-3-16(15)17/h1-4,10,18,24H,5-9,11-14H2,(H,28,29)(H,30,31)(H,32,33)(H,34,35)(H,36,37)/p-5. The number of carboxylic acids is 5. The van der Waals surface area contributed by atoms with E-state index >= 15 is 0 Å². The first-order valence-electron chi connectivity index (χ1n) is 11.2. The number of H-pyrrole nitrogens is 1. The van der Waals surface area contributed by atoms with E-state index in [4.69, 9.17) is 0 Å². The number of nitrogens with zero attached hydrogens (tertiary/aromatic N) is 3. The van der Waals surface area contributed by atoms with Crippen molar-refractivity contribution in [3.63, 3.8) is 0 Å². The molecule has 1 heterocycles. The van der Waals surface area contributed by atoms with Crippen molar-refractivity contribution < 1.29 is 49.5 Å². The maximum absolute atomic E-state index is 12.2. The lowest BCUT2D eigenvalue weighted by atomic mass is 10.0. The fourth-order valence-electron chi connectivity index (χ4n) is 3.99. The van der Waals surface area contributed by atoms with Crippen LogP contribution in [0.25, 0.3) is 10.9 Å². The number of aromatic nitrogens is 1. The largest absolute Gasteiger partial charge is 0.549 e. The zero-order valence-electron chi connectivity index (χ0n) is 19.8. The predicted molar refractivity (Wildman–Crippen MR) is 115 cm³/mol. The van der Waals surface area contributed by atoms with E-state index in [2.05, 4.69) is 4.98 Å². The van der Waals surface area contributed by atoms with Crippen LogP contribution < -0.4 is 25.5 Å². The number of hydrogen-bond acceptors (Lipinski definition) is 13. The number of carbonyl (C=O) groups is 5. The molecule has 0 aliphatic carbocycles. The van der Waals surface area contributed by atoms with E-state index in [0.29, 0.717) is 5.56 Å². The molecule has 0 bridgehead atoms. The van der Waals surface area contributed by atoms with Crippen LogP contribution in [0.5, 0.6) is 0 Å². The van der Waals surface area contributed by atoms with Crippen molar-refractivity contribution in [3.05, 3.63) is 36.0 Å². The molecule has 37 heavy (non-hydrogen) atoms. The van der Waals surface area contributed by atoms with Crippen LogP contribution >= 0.6 is 0 Å². The van der Waals surface area contributed by atoms with E-state index < -0.39 is 62.1 Å². The molecule has 1 aromatic carbocycles. The van der Waals surface area contributed by atoms with Gasteiger partial charge < -0.3 is 54.5 Å². The lowest BCUT2D eigenvalue weighted by Crippen LogP contribution is -2.55. The highest BCUT2D eigenvalue weighted by molar-refractivity contribution is 5.84. The molecule has 0 aliphatic rings. The fraction of sp³-hybridized carbons (Fsp3) is 0.435. The first-order valence-corrected chi connectivity index (χ1v) is 11.2. The fourth-order valence-corrected chi connectivity index (χ4v) is 3.99. The second-order valence-electron chi connectivity index (χ2n) is 8.34. The highest BCUT2D eigenvalue weighted by atomic mass is 16.4. The summed E-state index contributed by atoms with van der Waals surface area (Å²) in [5, 5.41) is 57.0. The Morgan fingerprint density at radius 3 is 1.59 bits per heavy atom. The lowest BCUT2D eigenvalue weighted by molar-refractivity contribution is -0.314. The summed E-state index contributed by atoms with van der Waals surface area (Å²) in [6, 6.07) is 5.80. The maximum Gasteiger partial charge on any atom is 0.0590 e. The van der Waals surface area contributed by atoms with Gasteiger partial charge in [0.05, 0.1) is 35.9 Å². The number of aliphatic carboxylic acids is 5. The third-order valence-corrected chi connectivity index (χ3v) is 5.62. The monoisotopic (exact) mass is 517 g/mol. The molecule has 0 fully saturated rings. The average molecular weight is 517 g/mol. The Morgan fingerprint density at radius 1 is 0.703 bits per heavy atom. The smallest absolute Gasteiger partial charge is 0.0590 e. The van der Waals surface area contributed by atoms with Gasteiger partial charge in [-0.2, -0.15) is 0 Å². The van der Waals surface area contributed by atoms with E-state index in [0.717, 1.165) is 20.7 Å². The van der Waals surface area contributed by atoms with E-state index in [9.17, 15) is 49.5 Å². The Balaban J connectivity index is 2.30. The van der Waals surface area contributed by atoms with Gasteiger partial charge in [0.15, 0.2) is 0 Å². The van der Waals surface area contributed by atoms with Crippen molar-refractivity contribution in [2.45, 2.75) is 12.5 Å². The minimum Gasteiger partial charge on any atom is -0.549 e. The molecular formula is C23H25N4O10-5. The molecule has 1 unspecified atom stereocenters. The number of rotatable bonds is 18. The third kappa shape index (κ3) is 9.87. The van der Waals surface area contributed by atoms with Gasteiger partial charge in [0.1, 0.15) is 0 Å². The summed E-state index contributed by atoms with van der Waals surface area (Å²) in [6.45, 7) is -3.90. The molecule has 0 radical (unpaired) electrons. The number of hydrogen-bond donors (Lipinski definition) is 1. The molecule has 0 amide bonds. The predicted octanol–water partition coefficient (Wildman–Crippen LogP) is -7.27. The van der Waals surface area contributed by atoms with E-state index in [1.807, 2.05) is 0 Å². The second kappa shape index (κ2) is 13.9. The molecule has 14 nitrogen and oxygen atoms in total. The maximum atomic E-state index is 12.2. The van der Waals surface area contributed by atoms with Gasteiger partial charge in [-0.1, -0.05) is 18.2 Å². The van der Waals surface area contributed by atoms with Crippen LogP contribution in [-0.2, 0) is 30.4 Å². The van der Waals surface area contributed by atoms with Gasteiger partial charge in [0.2, 0.25) is 0 Å². The Kier molecular flexibility index (Phi) is 11.0. The van der Waals surface area contributed by atoms with Crippen molar-refractivity contribution in [1.82, 2.24) is 19.7 Å². The summed E-state index contributed by atoms with van der Waals surface area (Å²) in [6.07, 6.45) is 1.55. The topological polar surface area (TPSA) is 226 Å². The average Bonchev–Trinajstić information content (AvgIpc) is 3.19. The van der Waals surface area contributed by atoms with Crippen molar-refractivity contribution in [2.24, 2.45) is 0 Å². The molecule has 14 heteroatoms. The number of aromatic amines is 1. The minimum atomic E-state index is -1.56. The van der Waals surface area contributed by atoms with Gasteiger partial charge in [-0.05, 0) is 18.1 Å². The van der Waals surface area contributed by atoms with Crippen LogP contribution in [0.15, 0.2) is 30.5 Å². The summed E-state index contributed by atoms with van der Waals surface area (Å²) in [5.41, 5.74) is 1.38. The number of benzene rings is 1. The number of carboxylic acid groups (broad SMARTS) is 5. The van der Waals surface area contributed by atoms with Gasteiger partial charge in [-0.15, -0.1) is 0 Å². The first kappa shape index (κ1) is 29.2. The molecule has 202 valence electrons. The van der Waals surface area contributed by atoms with Gasteiger partial charge in [0, 0.05) is 69.5 Å². The minimum absolute atomic E-state index is 0.0751. The lowest BCUT2D eigenvalue weighted by Gasteiger charge is -2.36. The molecule has 0 aliphatic heterocycles. The van der Waals surface area contributed by atoms with Crippen molar-refractivity contribution in [1.29, 1.82) is 0 Å². The second-order valence-corrected chi connectivity index (χ2v) is 8.34. The quantitative estimate of drug-likeness (QED) is 0.194. The molecule has 2 rings (SSSR count). The van der Waals surface area contributed by atoms with Gasteiger partial charge in [-0.3, -0.25) is 14.7 Å². The summed E-state index contributed by atoms with van der Waals surface area (Å²) in [4.78, 5) is 62.5. The van der Waals surface area contributed by atoms with Crippen molar-refractivity contribution in [3.8, 4) is 0 Å². The van der Waals surface area contributed by atoms with Gasteiger partial charge in [0.25, 0.3) is 0 Å². The molecule has 0 spiro atoms. The number of carbonyl (C=O) groups excluding carboxylic acids is 5. The molecule has 0 saturated carbocycles. The van der Waals surface area contributed by atoms with Crippen LogP contribution in [0.1, 0.15) is 5.56 Å². The molecule has 1 N–H and O–H groups in total. The van der Waals surface area contributed by atoms with Crippen LogP contribution in [0, 0.1) is 0 Å². The van der Waals surface area contributed by atoms with E-state index in [-0.39, 0.29) is 32.6 Å². The zero-order valence-corrected chi connectivity index (χ0v) is 19.8. The molecular weight excluding hydrogens is 492 g/mol. The van der Waals surface area contributed by atoms with E-state index in [1.165, 1.54) is 4.90 Å². The van der Waals surface area contributed by atoms with Gasteiger partial charge >= 0.3 is 0 Å². The zero-order chi connectivity index (χ0) is 27.5. The van der Waals surface area contributed by atoms with Crippen LogP contribution in [0.3, 0.4) is 0 Å². The Morgan fingerprint density at radius 2 is 1.16 bits per heavy atom. The summed E-state index contributed by atoms with van der Waals surface area (Å²) < 4.78 is 0. The molecule has 2 aromatic rings. The molecule has 1 aromatic heterocycles. The van der Waals surface area contributed by atoms with Crippen LogP contribution in [0.2, 0.25) is 0 Å². The first-order chi connectivity index (χ1) is 17.5. The summed E-state index contributed by atoms with van der Waals surface area (Å²) >= 11 is 0. The highest BCUT2D eigenvalue weighted by Gasteiger charge is 2.23. The Bertz CT molecular complexity index is 1050. The number of fused-ring (bicyclic) bond motifs is 1. The Labute approximate surface area is 211 Å². The van der Waals surface area contributed by atoms with Crippen LogP contribution in [-0.4, -0.2) is 108 Å². The summed E-state index contributed by atoms with van der Waals surface area (Å²) in [5.74, 6) is -7.73. The van der Waals surface area contributed by atoms with Crippen molar-refractivity contribution >= 4 is 40.7 Å². The van der Waals surface area contributed by atoms with Crippen molar-refractivity contribution in [2.75, 3.05) is 52.4 Å². The van der Waals surface area contributed by atoms with Crippen LogP contribution in [0.4, 0.5) is 0 Å².